The Morgan fingerprint density at radius 1 is 1.11 bits per heavy atom. The van der Waals surface area contributed by atoms with Crippen molar-refractivity contribution in [1.82, 2.24) is 14.9 Å². The van der Waals surface area contributed by atoms with E-state index < -0.39 is 26.6 Å². The summed E-state index contributed by atoms with van der Waals surface area (Å²) in [5.74, 6) is -2.09. The molecule has 0 radical (unpaired) electrons. The van der Waals surface area contributed by atoms with Crippen LogP contribution in [0.5, 0.6) is 0 Å². The Balaban J connectivity index is 0.00000261. The van der Waals surface area contributed by atoms with Crippen molar-refractivity contribution in [3.8, 4) is 0 Å². The topological polar surface area (TPSA) is 78.5 Å². The summed E-state index contributed by atoms with van der Waals surface area (Å²) >= 11 is 0. The van der Waals surface area contributed by atoms with Gasteiger partial charge in [-0.05, 0) is 57.0 Å². The maximum absolute atomic E-state index is 13.8. The number of nitrogens with one attached hydrogen (secondary N) is 2. The van der Waals surface area contributed by atoms with E-state index in [-0.39, 0.29) is 43.4 Å². The summed E-state index contributed by atoms with van der Waals surface area (Å²) in [6.07, 6.45) is 2.51. The third kappa shape index (κ3) is 5.16. The molecule has 0 aromatic heterocycles. The molecule has 152 valence electrons. The molecule has 1 aromatic carbocycles. The van der Waals surface area contributed by atoms with E-state index in [1.165, 1.54) is 0 Å². The number of rotatable bonds is 4. The second-order valence-electron chi connectivity index (χ2n) is 6.79. The van der Waals surface area contributed by atoms with Crippen LogP contribution >= 0.6 is 12.4 Å². The van der Waals surface area contributed by atoms with Crippen LogP contribution in [0.1, 0.15) is 25.7 Å². The lowest BCUT2D eigenvalue weighted by Gasteiger charge is -2.32. The van der Waals surface area contributed by atoms with Gasteiger partial charge in [0.05, 0.1) is 0 Å². The van der Waals surface area contributed by atoms with Gasteiger partial charge in [0.25, 0.3) is 0 Å². The Kier molecular flexibility index (Phi) is 7.55. The highest BCUT2D eigenvalue weighted by molar-refractivity contribution is 7.89. The predicted molar refractivity (Wildman–Crippen MR) is 99.1 cm³/mol. The molecule has 2 aliphatic rings. The third-order valence-electron chi connectivity index (χ3n) is 5.02. The smallest absolute Gasteiger partial charge is 0.246 e. The maximum Gasteiger partial charge on any atom is 0.246 e. The number of hydrogen-bond donors (Lipinski definition) is 2. The molecule has 0 atom stereocenters. The first-order chi connectivity index (χ1) is 12.4. The van der Waals surface area contributed by atoms with Crippen molar-refractivity contribution in [3.05, 3.63) is 29.8 Å². The van der Waals surface area contributed by atoms with Crippen LogP contribution < -0.4 is 10.6 Å². The predicted octanol–water partition coefficient (Wildman–Crippen LogP) is 1.66. The number of halogens is 3. The van der Waals surface area contributed by atoms with Crippen molar-refractivity contribution in [3.63, 3.8) is 0 Å². The normalized spacial score (nSPS) is 20.1. The fourth-order valence-electron chi connectivity index (χ4n) is 3.46. The van der Waals surface area contributed by atoms with E-state index in [1.807, 2.05) is 0 Å². The lowest BCUT2D eigenvalue weighted by molar-refractivity contribution is -0.127. The van der Waals surface area contributed by atoms with Crippen LogP contribution in [0, 0.1) is 17.6 Å². The molecule has 2 saturated heterocycles. The minimum Gasteiger partial charge on any atom is -0.353 e. The van der Waals surface area contributed by atoms with E-state index in [0.29, 0.717) is 18.9 Å². The van der Waals surface area contributed by atoms with Crippen LogP contribution in [0.2, 0.25) is 0 Å². The van der Waals surface area contributed by atoms with Crippen LogP contribution in [-0.4, -0.2) is 50.9 Å². The van der Waals surface area contributed by atoms with Crippen LogP contribution in [0.15, 0.2) is 23.1 Å². The highest BCUT2D eigenvalue weighted by atomic mass is 35.5. The van der Waals surface area contributed by atoms with Gasteiger partial charge in [-0.1, -0.05) is 0 Å². The van der Waals surface area contributed by atoms with Gasteiger partial charge in [-0.3, -0.25) is 4.79 Å². The van der Waals surface area contributed by atoms with Gasteiger partial charge >= 0.3 is 0 Å². The Labute approximate surface area is 164 Å². The van der Waals surface area contributed by atoms with Gasteiger partial charge in [-0.25, -0.2) is 17.2 Å². The zero-order chi connectivity index (χ0) is 18.7. The van der Waals surface area contributed by atoms with Crippen molar-refractivity contribution in [2.24, 2.45) is 5.92 Å². The fourth-order valence-corrected chi connectivity index (χ4v) is 5.00. The monoisotopic (exact) mass is 423 g/mol. The first kappa shape index (κ1) is 22.0. The minimum atomic E-state index is -4.11. The van der Waals surface area contributed by atoms with Gasteiger partial charge in [0, 0.05) is 25.0 Å². The molecule has 27 heavy (non-hydrogen) atoms. The molecule has 0 aliphatic carbocycles. The second kappa shape index (κ2) is 9.27. The highest BCUT2D eigenvalue weighted by Gasteiger charge is 2.34. The molecular weight excluding hydrogens is 400 g/mol. The fraction of sp³-hybridized carbons (Fsp3) is 0.588. The molecule has 6 nitrogen and oxygen atoms in total. The van der Waals surface area contributed by atoms with Crippen molar-refractivity contribution >= 4 is 28.3 Å². The van der Waals surface area contributed by atoms with E-state index in [9.17, 15) is 22.0 Å². The minimum absolute atomic E-state index is 0. The summed E-state index contributed by atoms with van der Waals surface area (Å²) in [4.78, 5) is 11.7. The maximum atomic E-state index is 13.8. The van der Waals surface area contributed by atoms with Gasteiger partial charge in [0.1, 0.15) is 16.5 Å². The highest BCUT2D eigenvalue weighted by Crippen LogP contribution is 2.26. The molecule has 0 unspecified atom stereocenters. The van der Waals surface area contributed by atoms with Crippen molar-refractivity contribution in [1.29, 1.82) is 0 Å². The quantitative estimate of drug-likeness (QED) is 0.772. The number of sulfonamides is 1. The molecule has 2 heterocycles. The molecule has 0 spiro atoms. The summed E-state index contributed by atoms with van der Waals surface area (Å²) in [6.45, 7) is 1.98. The summed E-state index contributed by atoms with van der Waals surface area (Å²) in [5.41, 5.74) is 0. The first-order valence-corrected chi connectivity index (χ1v) is 10.3. The van der Waals surface area contributed by atoms with Gasteiger partial charge in [0.2, 0.25) is 15.9 Å². The van der Waals surface area contributed by atoms with Gasteiger partial charge in [-0.15, -0.1) is 12.4 Å². The molecule has 0 saturated carbocycles. The summed E-state index contributed by atoms with van der Waals surface area (Å²) in [5, 5.41) is 6.27. The molecule has 2 fully saturated rings. The van der Waals surface area contributed by atoms with Gasteiger partial charge < -0.3 is 10.6 Å². The lowest BCUT2D eigenvalue weighted by atomic mass is 9.96. The number of piperidine rings is 2. The van der Waals surface area contributed by atoms with Crippen molar-refractivity contribution < 1.29 is 22.0 Å². The molecule has 0 bridgehead atoms. The molecule has 3 rings (SSSR count). The molecule has 1 amide bonds. The van der Waals surface area contributed by atoms with Gasteiger partial charge in [-0.2, -0.15) is 4.31 Å². The summed E-state index contributed by atoms with van der Waals surface area (Å²) in [6, 6.07) is 2.54. The van der Waals surface area contributed by atoms with Crippen LogP contribution in [0.3, 0.4) is 0 Å². The standard InChI is InChI=1S/C17H23F2N3O3S.ClH/c18-13-1-2-15(19)16(11-13)26(24,25)22-9-5-12(6-10-22)17(23)21-14-3-7-20-8-4-14;/h1-2,11-12,14,20H,3-10H2,(H,21,23);1H. The number of amides is 1. The van der Waals surface area contributed by atoms with Crippen molar-refractivity contribution in [2.75, 3.05) is 26.2 Å². The van der Waals surface area contributed by atoms with E-state index in [1.54, 1.807) is 0 Å². The van der Waals surface area contributed by atoms with Crippen LogP contribution in [-0.2, 0) is 14.8 Å². The third-order valence-corrected chi connectivity index (χ3v) is 6.93. The lowest BCUT2D eigenvalue weighted by Crippen LogP contribution is -2.48. The van der Waals surface area contributed by atoms with E-state index >= 15 is 0 Å². The number of carbonyl (C=O) groups excluding carboxylic acids is 1. The largest absolute Gasteiger partial charge is 0.353 e. The average molecular weight is 424 g/mol. The number of carbonyl (C=O) groups is 1. The van der Waals surface area contributed by atoms with E-state index in [4.69, 9.17) is 0 Å². The zero-order valence-electron chi connectivity index (χ0n) is 14.8. The second-order valence-corrected chi connectivity index (χ2v) is 8.69. The number of benzene rings is 1. The molecular formula is C17H24ClF2N3O3S. The molecule has 1 aromatic rings. The SMILES string of the molecule is Cl.O=C(NC1CCNCC1)C1CCN(S(=O)(=O)c2cc(F)ccc2F)CC1. The molecule has 10 heteroatoms. The molecule has 2 aliphatic heterocycles. The zero-order valence-corrected chi connectivity index (χ0v) is 16.4. The van der Waals surface area contributed by atoms with E-state index in [2.05, 4.69) is 10.6 Å². The Morgan fingerprint density at radius 3 is 2.37 bits per heavy atom. The average Bonchev–Trinajstić information content (AvgIpc) is 2.64. The molecule has 2 N–H and O–H groups in total. The van der Waals surface area contributed by atoms with Gasteiger partial charge in [0.15, 0.2) is 0 Å². The van der Waals surface area contributed by atoms with Crippen molar-refractivity contribution in [2.45, 2.75) is 36.6 Å². The number of hydrogen-bond acceptors (Lipinski definition) is 4. The number of nitrogens with zero attached hydrogens (tertiary/aromatic N) is 1. The Bertz CT molecular complexity index is 765. The van der Waals surface area contributed by atoms with Crippen LogP contribution in [0.25, 0.3) is 0 Å². The Morgan fingerprint density at radius 2 is 1.74 bits per heavy atom. The van der Waals surface area contributed by atoms with E-state index in [0.717, 1.165) is 42.4 Å². The summed E-state index contributed by atoms with van der Waals surface area (Å²) < 4.78 is 53.4. The Hall–Kier alpha value is -1.29. The first-order valence-electron chi connectivity index (χ1n) is 8.84. The summed E-state index contributed by atoms with van der Waals surface area (Å²) in [7, 11) is -4.11. The van der Waals surface area contributed by atoms with Crippen LogP contribution in [0.4, 0.5) is 8.78 Å².